The molecule has 20 rings (SSSR count). The molecule has 0 bridgehead atoms. The molecule has 4 aliphatic heterocycles. The van der Waals surface area contributed by atoms with E-state index in [9.17, 15) is 14.7 Å². The molecule has 5 N–H and O–H groups in total. The number of esters is 1. The van der Waals surface area contributed by atoms with Gasteiger partial charge in [-0.1, -0.05) is 193 Å². The lowest BCUT2D eigenvalue weighted by atomic mass is 10.2. The topological polar surface area (TPSA) is 154 Å². The van der Waals surface area contributed by atoms with Crippen molar-refractivity contribution in [3.05, 3.63) is 391 Å². The summed E-state index contributed by atoms with van der Waals surface area (Å²) in [4.78, 5) is 54.5. The standard InChI is InChI=1S/C23H19O4S.C20H17O2S2.C20H17OS3.2C20H17OS2/c24-14-5-15-27-23(26)16-10-12-17(13-11-16)28-20-8-3-1-6-18(20)22(25)19-7-2-4-9-21(19)28;2*21-13-14-22-15-9-11-16(12-10-15)24-19-7-3-1-5-17(19)23-18-6-2-4-8-20(18)24;21-13-12-15-6-5-7-16(14-15)23-19-10-3-1-8-17(19)22-18-9-2-4-11-20(18)23;21-14-13-15-9-11-16(12-10-15)23-19-7-3-1-5-17(19)22-18-6-2-4-8-20(18)23/h1-4,6-13,24H,5,14-15H2;2*1-12,21H,13-14H2;1-11,14,21H,12-13H2;1-12,21H,13-14H2/q5*+1. The Morgan fingerprint density at radius 2 is 0.664 bits per heavy atom. The minimum Gasteiger partial charge on any atom is -0.491 e. The molecule has 0 amide bonds. The van der Waals surface area contributed by atoms with Crippen molar-refractivity contribution in [1.82, 2.24) is 0 Å². The molecule has 1 aromatic heterocycles. The van der Waals surface area contributed by atoms with Gasteiger partial charge in [0.2, 0.25) is 5.43 Å². The maximum Gasteiger partial charge on any atom is 0.338 e. The van der Waals surface area contributed by atoms with Gasteiger partial charge in [0.15, 0.2) is 73.0 Å². The van der Waals surface area contributed by atoms with E-state index in [-0.39, 0.29) is 88.7 Å². The minimum atomic E-state index is -0.413. The van der Waals surface area contributed by atoms with E-state index in [2.05, 4.69) is 279 Å². The Hall–Kier alpha value is -9.59. The molecule has 0 radical (unpaired) electrons. The number of hydrogen-bond acceptors (Lipinski definition) is 14. The molecule has 0 fully saturated rings. The first kappa shape index (κ1) is 86.0. The third-order valence-corrected chi connectivity index (χ3v) is 38.2. The summed E-state index contributed by atoms with van der Waals surface area (Å²) in [7, 11) is -0.690. The highest BCUT2D eigenvalue weighted by molar-refractivity contribution is 8.05. The molecule has 0 saturated heterocycles. The Balaban J connectivity index is 0.000000113. The number of thioether (sulfide) groups is 1. The van der Waals surface area contributed by atoms with Gasteiger partial charge in [-0.25, -0.2) is 4.79 Å². The predicted octanol–water partition coefficient (Wildman–Crippen LogP) is 24.1. The fourth-order valence-corrected chi connectivity index (χ4v) is 32.4. The van der Waals surface area contributed by atoms with Gasteiger partial charge in [0.25, 0.3) is 0 Å². The average molecular weight is 1790 g/mol. The second-order valence-electron chi connectivity index (χ2n) is 27.9. The molecule has 0 atom stereocenters. The van der Waals surface area contributed by atoms with Gasteiger partial charge in [0.05, 0.1) is 75.3 Å². The van der Waals surface area contributed by atoms with Crippen LogP contribution in [0.5, 0.6) is 5.75 Å². The van der Waals surface area contributed by atoms with Crippen molar-refractivity contribution in [2.24, 2.45) is 0 Å². The van der Waals surface area contributed by atoms with Gasteiger partial charge in [-0.2, -0.15) is 0 Å². The van der Waals surface area contributed by atoms with Crippen molar-refractivity contribution in [1.29, 1.82) is 0 Å². The van der Waals surface area contributed by atoms with Crippen LogP contribution in [0.15, 0.2) is 472 Å². The summed E-state index contributed by atoms with van der Waals surface area (Å²) in [6, 6.07) is 127. The van der Waals surface area contributed by atoms with Crippen molar-refractivity contribution in [2.45, 2.75) is 122 Å². The molecule has 0 saturated carbocycles. The van der Waals surface area contributed by atoms with Crippen molar-refractivity contribution in [2.75, 3.05) is 52.0 Å². The van der Waals surface area contributed by atoms with Gasteiger partial charge in [-0.05, 0) is 242 Å². The lowest BCUT2D eigenvalue weighted by Gasteiger charge is -2.19. The maximum absolute atomic E-state index is 12.9. The SMILES string of the molecule is O=C(OCCCO)c1ccc(-[s+]2c3ccccc3c(=O)c3ccccc32)cc1.OCCOc1ccc([S+]2c3ccccc3Sc3ccccc32)cc1.OCCSc1ccc([S+]2c3ccccc3Sc3ccccc32)cc1.OCCc1ccc([S+]2c3ccccc3Sc3ccccc32)cc1.OCCc1cccc([S+]2c3ccccc3Sc3ccccc32)c1. The van der Waals surface area contributed by atoms with E-state index < -0.39 is 16.4 Å². The zero-order valence-corrected chi connectivity index (χ0v) is 74.5. The first-order valence-electron chi connectivity index (χ1n) is 40.0. The Morgan fingerprint density at radius 1 is 0.311 bits per heavy atom. The van der Waals surface area contributed by atoms with E-state index in [1.54, 1.807) is 23.9 Å². The number of rotatable bonds is 19. The summed E-state index contributed by atoms with van der Waals surface area (Å²) >= 11 is 9.14. The smallest absolute Gasteiger partial charge is 0.338 e. The zero-order valence-electron chi connectivity index (χ0n) is 66.4. The summed E-state index contributed by atoms with van der Waals surface area (Å²) in [5.74, 6) is 1.14. The lowest BCUT2D eigenvalue weighted by molar-refractivity contribution is 0.0482. The Bertz CT molecular complexity index is 5960. The number of hydrogen-bond donors (Lipinski definition) is 5. The molecule has 5 heterocycles. The van der Waals surface area contributed by atoms with Crippen LogP contribution in [0.1, 0.15) is 27.9 Å². The van der Waals surface area contributed by atoms with Crippen LogP contribution in [-0.4, -0.2) is 83.5 Å². The number of benzene rings is 15. The van der Waals surface area contributed by atoms with E-state index in [1.807, 2.05) is 120 Å². The highest BCUT2D eigenvalue weighted by atomic mass is 32.2. The van der Waals surface area contributed by atoms with Gasteiger partial charge >= 0.3 is 5.97 Å². The van der Waals surface area contributed by atoms with Crippen LogP contribution in [-0.2, 0) is 61.2 Å². The molecule has 19 heteroatoms. The molecule has 0 spiro atoms. The fraction of sp³-hybridized carbons (Fsp3) is 0.107. The van der Waals surface area contributed by atoms with Crippen LogP contribution < -0.4 is 10.2 Å². The number of carbonyl (C=O) groups is 1. The Morgan fingerprint density at radius 3 is 1.05 bits per heavy atom. The number of aliphatic hydroxyl groups excluding tert-OH is 5. The Labute approximate surface area is 747 Å². The second kappa shape index (κ2) is 42.2. The van der Waals surface area contributed by atoms with Gasteiger partial charge in [-0.3, -0.25) is 4.79 Å². The third kappa shape index (κ3) is 19.9. The summed E-state index contributed by atoms with van der Waals surface area (Å²) in [6.07, 6.45) is 1.86. The average Bonchev–Trinajstić information content (AvgIpc) is 0.749. The van der Waals surface area contributed by atoms with Crippen LogP contribution in [0.25, 0.3) is 25.1 Å². The molecule has 15 aromatic carbocycles. The predicted molar refractivity (Wildman–Crippen MR) is 508 cm³/mol. The first-order chi connectivity index (χ1) is 60.2. The van der Waals surface area contributed by atoms with E-state index in [4.69, 9.17) is 29.9 Å². The summed E-state index contributed by atoms with van der Waals surface area (Å²) in [6.45, 7) is 1.16. The van der Waals surface area contributed by atoms with Gasteiger partial charge in [-0.15, -0.1) is 11.8 Å². The van der Waals surface area contributed by atoms with Crippen LogP contribution in [0.4, 0.5) is 0 Å². The zero-order chi connectivity index (χ0) is 83.5. The fourth-order valence-electron chi connectivity index (χ4n) is 14.4. The largest absolute Gasteiger partial charge is 0.491 e. The summed E-state index contributed by atoms with van der Waals surface area (Å²) in [5, 5.41) is 46.5. The number of fused-ring (bicyclic) bond motifs is 10. The number of aliphatic hydroxyl groups is 5. The quantitative estimate of drug-likeness (QED) is 0.0172. The third-order valence-electron chi connectivity index (χ3n) is 19.9. The highest BCUT2D eigenvalue weighted by Gasteiger charge is 2.42. The van der Waals surface area contributed by atoms with E-state index in [1.165, 1.54) is 114 Å². The van der Waals surface area contributed by atoms with E-state index >= 15 is 0 Å². The molecule has 122 heavy (non-hydrogen) atoms. The first-order valence-corrected chi connectivity index (χ1v) is 50.4. The molecule has 608 valence electrons. The molecule has 0 unspecified atom stereocenters. The number of carbonyl (C=O) groups excluding carboxylic acids is 1. The van der Waals surface area contributed by atoms with Crippen molar-refractivity contribution in [3.8, 4) is 10.6 Å². The summed E-state index contributed by atoms with van der Waals surface area (Å²) in [5.41, 5.74) is 2.91. The van der Waals surface area contributed by atoms with Gasteiger partial charge in [0.1, 0.15) is 55.9 Å². The van der Waals surface area contributed by atoms with Crippen molar-refractivity contribution < 1.29 is 39.8 Å². The second-order valence-corrected chi connectivity index (χ2v) is 43.2. The normalized spacial score (nSPS) is 12.8. The van der Waals surface area contributed by atoms with Gasteiger partial charge < -0.3 is 35.0 Å². The van der Waals surface area contributed by atoms with E-state index in [0.717, 1.165) is 43.0 Å². The molecule has 9 nitrogen and oxygen atoms in total. The van der Waals surface area contributed by atoms with Crippen molar-refractivity contribution >= 4 is 139 Å². The van der Waals surface area contributed by atoms with Crippen LogP contribution in [0.2, 0.25) is 0 Å². The lowest BCUT2D eigenvalue weighted by Crippen LogP contribution is -2.11. The minimum absolute atomic E-state index is 0.00738. The highest BCUT2D eigenvalue weighted by Crippen LogP contribution is 2.53. The van der Waals surface area contributed by atoms with Crippen LogP contribution in [0, 0.1) is 0 Å². The molecule has 16 aromatic rings. The monoisotopic (exact) mass is 1790 g/mol. The Kier molecular flexibility index (Phi) is 29.7. The molecule has 4 aliphatic rings. The molecular weight excluding hydrogens is 1700 g/mol. The number of ether oxygens (including phenoxy) is 2. The molecular formula is C103H87O9S10+5. The summed E-state index contributed by atoms with van der Waals surface area (Å²) < 4.78 is 12.6. The van der Waals surface area contributed by atoms with Crippen molar-refractivity contribution in [3.63, 3.8) is 0 Å². The van der Waals surface area contributed by atoms with E-state index in [0.29, 0.717) is 25.0 Å². The maximum atomic E-state index is 12.9. The van der Waals surface area contributed by atoms with Crippen LogP contribution >= 0.6 is 69.3 Å². The van der Waals surface area contributed by atoms with Gasteiger partial charge in [0, 0.05) is 47.4 Å². The molecule has 0 aliphatic carbocycles. The van der Waals surface area contributed by atoms with Crippen LogP contribution in [0.3, 0.4) is 0 Å².